The molecule has 2 saturated heterocycles. The zero-order valence-electron chi connectivity index (χ0n) is 12.4. The molecule has 2 aliphatic rings. The van der Waals surface area contributed by atoms with Gasteiger partial charge < -0.3 is 14.0 Å². The third kappa shape index (κ3) is 2.29. The molecule has 0 atom stereocenters. The van der Waals surface area contributed by atoms with Crippen molar-refractivity contribution in [1.29, 1.82) is 0 Å². The Morgan fingerprint density at radius 1 is 1.10 bits per heavy atom. The van der Waals surface area contributed by atoms with E-state index in [1.807, 2.05) is 12.1 Å². The molecule has 1 aromatic carbocycles. The number of halogens is 1. The van der Waals surface area contributed by atoms with Gasteiger partial charge in [-0.3, -0.25) is 0 Å². The highest BCUT2D eigenvalue weighted by Gasteiger charge is 2.51. The molecule has 0 N–H and O–H groups in total. The normalized spacial score (nSPS) is 24.8. The first-order chi connectivity index (χ1) is 9.30. The summed E-state index contributed by atoms with van der Waals surface area (Å²) < 4.78 is 17.3. The van der Waals surface area contributed by atoms with E-state index in [-0.39, 0.29) is 18.3 Å². The second-order valence-electron chi connectivity index (χ2n) is 6.60. The highest BCUT2D eigenvalue weighted by molar-refractivity contribution is 6.62. The molecule has 0 amide bonds. The lowest BCUT2D eigenvalue weighted by atomic mass is 9.78. The minimum Gasteiger partial charge on any atom is -0.399 e. The topological polar surface area (TPSA) is 27.7 Å². The van der Waals surface area contributed by atoms with E-state index in [2.05, 4.69) is 33.8 Å². The lowest BCUT2D eigenvalue weighted by Crippen LogP contribution is -2.41. The number of hydrogen-bond donors (Lipinski definition) is 0. The van der Waals surface area contributed by atoms with E-state index < -0.39 is 0 Å². The molecular formula is C15H20BClO3. The third-order valence-electron chi connectivity index (χ3n) is 4.63. The number of hydrogen-bond acceptors (Lipinski definition) is 3. The molecule has 20 heavy (non-hydrogen) atoms. The van der Waals surface area contributed by atoms with Crippen LogP contribution in [0.15, 0.2) is 18.2 Å². The van der Waals surface area contributed by atoms with Gasteiger partial charge in [0.2, 0.25) is 0 Å². The monoisotopic (exact) mass is 294 g/mol. The first kappa shape index (κ1) is 14.4. The molecule has 0 unspecified atom stereocenters. The zero-order chi connectivity index (χ0) is 14.5. The highest BCUT2D eigenvalue weighted by Crippen LogP contribution is 2.37. The van der Waals surface area contributed by atoms with Crippen LogP contribution in [0.3, 0.4) is 0 Å². The maximum atomic E-state index is 6.39. The van der Waals surface area contributed by atoms with Gasteiger partial charge in [0.05, 0.1) is 24.4 Å². The number of ether oxygens (including phenoxy) is 1. The summed E-state index contributed by atoms with van der Waals surface area (Å²) in [6.07, 6.45) is 0. The number of benzene rings is 1. The SMILES string of the molecule is CC1(C)OB(c2ccc(C3COC3)c(Cl)c2)OC1(C)C. The lowest BCUT2D eigenvalue weighted by molar-refractivity contribution is 0.00578. The van der Waals surface area contributed by atoms with Gasteiger partial charge in [0, 0.05) is 10.9 Å². The molecule has 0 aliphatic carbocycles. The maximum absolute atomic E-state index is 6.39. The zero-order valence-corrected chi connectivity index (χ0v) is 13.2. The van der Waals surface area contributed by atoms with Gasteiger partial charge >= 0.3 is 7.12 Å². The average Bonchev–Trinajstić information content (AvgIpc) is 2.48. The summed E-state index contributed by atoms with van der Waals surface area (Å²) in [6.45, 7) is 9.72. The fourth-order valence-corrected chi connectivity index (χ4v) is 2.76. The third-order valence-corrected chi connectivity index (χ3v) is 4.96. The van der Waals surface area contributed by atoms with Gasteiger partial charge in [-0.05, 0) is 44.8 Å². The minimum absolute atomic E-state index is 0.329. The Kier molecular flexibility index (Phi) is 3.41. The van der Waals surface area contributed by atoms with Crippen molar-refractivity contribution in [1.82, 2.24) is 0 Å². The highest BCUT2D eigenvalue weighted by atomic mass is 35.5. The molecule has 5 heteroatoms. The molecule has 0 saturated carbocycles. The van der Waals surface area contributed by atoms with Crippen LogP contribution in [0.2, 0.25) is 5.02 Å². The second kappa shape index (κ2) is 4.74. The van der Waals surface area contributed by atoms with E-state index in [1.165, 1.54) is 0 Å². The van der Waals surface area contributed by atoms with Crippen molar-refractivity contribution in [3.8, 4) is 0 Å². The second-order valence-corrected chi connectivity index (χ2v) is 7.01. The predicted octanol–water partition coefficient (Wildman–Crippen LogP) is 2.75. The molecule has 2 aliphatic heterocycles. The van der Waals surface area contributed by atoms with Crippen LogP contribution in [-0.2, 0) is 14.0 Å². The summed E-state index contributed by atoms with van der Waals surface area (Å²) in [5.41, 5.74) is 1.46. The van der Waals surface area contributed by atoms with Crippen molar-refractivity contribution in [3.63, 3.8) is 0 Å². The van der Waals surface area contributed by atoms with Crippen LogP contribution >= 0.6 is 11.6 Å². The quantitative estimate of drug-likeness (QED) is 0.785. The van der Waals surface area contributed by atoms with Crippen molar-refractivity contribution in [2.24, 2.45) is 0 Å². The summed E-state index contributed by atoms with van der Waals surface area (Å²) in [5, 5.41) is 0.769. The first-order valence-corrected chi connectivity index (χ1v) is 7.41. The van der Waals surface area contributed by atoms with Gasteiger partial charge in [-0.1, -0.05) is 23.7 Å². The smallest absolute Gasteiger partial charge is 0.399 e. The van der Waals surface area contributed by atoms with Crippen LogP contribution in [0.1, 0.15) is 39.2 Å². The van der Waals surface area contributed by atoms with Gasteiger partial charge in [-0.15, -0.1) is 0 Å². The number of rotatable bonds is 2. The summed E-state index contributed by atoms with van der Waals surface area (Å²) in [5.74, 6) is 0.426. The van der Waals surface area contributed by atoms with Crippen molar-refractivity contribution >= 4 is 24.2 Å². The van der Waals surface area contributed by atoms with Crippen molar-refractivity contribution < 1.29 is 14.0 Å². The van der Waals surface area contributed by atoms with E-state index in [4.69, 9.17) is 25.6 Å². The van der Waals surface area contributed by atoms with E-state index in [9.17, 15) is 0 Å². The maximum Gasteiger partial charge on any atom is 0.494 e. The molecule has 1 aromatic rings. The Bertz CT molecular complexity index is 510. The van der Waals surface area contributed by atoms with Crippen molar-refractivity contribution in [3.05, 3.63) is 28.8 Å². The molecule has 0 bridgehead atoms. The average molecular weight is 295 g/mol. The molecule has 0 radical (unpaired) electrons. The standard InChI is InChI=1S/C15H20BClO3/c1-14(2)15(3,4)20-16(19-14)11-5-6-12(13(17)7-11)10-8-18-9-10/h5-7,10H,8-9H2,1-4H3. The largest absolute Gasteiger partial charge is 0.494 e. The summed E-state index contributed by atoms with van der Waals surface area (Å²) in [7, 11) is -0.357. The van der Waals surface area contributed by atoms with Gasteiger partial charge in [0.1, 0.15) is 0 Å². The van der Waals surface area contributed by atoms with Crippen LogP contribution in [0, 0.1) is 0 Å². The molecule has 2 heterocycles. The van der Waals surface area contributed by atoms with Crippen LogP contribution < -0.4 is 5.46 Å². The Balaban J connectivity index is 1.83. The van der Waals surface area contributed by atoms with E-state index in [0.29, 0.717) is 5.92 Å². The fourth-order valence-electron chi connectivity index (χ4n) is 2.42. The van der Waals surface area contributed by atoms with E-state index >= 15 is 0 Å². The Morgan fingerprint density at radius 3 is 2.15 bits per heavy atom. The molecule has 0 spiro atoms. The van der Waals surface area contributed by atoms with Crippen LogP contribution in [0.4, 0.5) is 0 Å². The van der Waals surface area contributed by atoms with Crippen molar-refractivity contribution in [2.75, 3.05) is 13.2 Å². The van der Waals surface area contributed by atoms with E-state index in [1.54, 1.807) is 0 Å². The Hall–Kier alpha value is -0.545. The molecule has 2 fully saturated rings. The van der Waals surface area contributed by atoms with Crippen LogP contribution in [0.5, 0.6) is 0 Å². The van der Waals surface area contributed by atoms with Gasteiger partial charge in [-0.2, -0.15) is 0 Å². The molecule has 0 aromatic heterocycles. The Morgan fingerprint density at radius 2 is 1.70 bits per heavy atom. The van der Waals surface area contributed by atoms with Crippen LogP contribution in [-0.4, -0.2) is 31.5 Å². The fraction of sp³-hybridized carbons (Fsp3) is 0.600. The molecule has 3 nitrogen and oxygen atoms in total. The molecule has 3 rings (SSSR count). The summed E-state index contributed by atoms with van der Waals surface area (Å²) >= 11 is 6.39. The van der Waals surface area contributed by atoms with Crippen molar-refractivity contribution in [2.45, 2.75) is 44.8 Å². The minimum atomic E-state index is -0.357. The lowest BCUT2D eigenvalue weighted by Gasteiger charge is -2.32. The molecule has 108 valence electrons. The summed E-state index contributed by atoms with van der Waals surface area (Å²) in [4.78, 5) is 0. The first-order valence-electron chi connectivity index (χ1n) is 7.03. The Labute approximate surface area is 125 Å². The molecular weight excluding hydrogens is 274 g/mol. The van der Waals surface area contributed by atoms with Gasteiger partial charge in [-0.25, -0.2) is 0 Å². The van der Waals surface area contributed by atoms with Gasteiger partial charge in [0.25, 0.3) is 0 Å². The predicted molar refractivity (Wildman–Crippen MR) is 80.7 cm³/mol. The van der Waals surface area contributed by atoms with Crippen LogP contribution in [0.25, 0.3) is 0 Å². The summed E-state index contributed by atoms with van der Waals surface area (Å²) in [6, 6.07) is 6.06. The van der Waals surface area contributed by atoms with Gasteiger partial charge in [0.15, 0.2) is 0 Å². The van der Waals surface area contributed by atoms with E-state index in [0.717, 1.165) is 29.3 Å².